The summed E-state index contributed by atoms with van der Waals surface area (Å²) in [6.07, 6.45) is 9.38. The van der Waals surface area contributed by atoms with Crippen molar-refractivity contribution in [2.75, 3.05) is 37.6 Å². The fourth-order valence-corrected chi connectivity index (χ4v) is 4.47. The molecule has 0 aliphatic carbocycles. The Labute approximate surface area is 176 Å². The predicted molar refractivity (Wildman–Crippen MR) is 120 cm³/mol. The maximum atomic E-state index is 12.8. The Morgan fingerprint density at radius 3 is 2.80 bits per heavy atom. The van der Waals surface area contributed by atoms with E-state index in [9.17, 15) is 4.79 Å². The van der Waals surface area contributed by atoms with Gasteiger partial charge in [-0.15, -0.1) is 0 Å². The molecular formula is C24H28N4O2. The number of anilines is 1. The monoisotopic (exact) mass is 404 g/mol. The van der Waals surface area contributed by atoms with Crippen LogP contribution in [0.15, 0.2) is 69.2 Å². The molecule has 1 saturated heterocycles. The summed E-state index contributed by atoms with van der Waals surface area (Å²) in [7, 11) is 0. The SMILES string of the molecule is CCCN1CCN(c2ccc3cc(C4C=C5C=C(C)C=CN5N4)c(=O)oc3c2)CC1. The van der Waals surface area contributed by atoms with Crippen LogP contribution < -0.4 is 16.0 Å². The van der Waals surface area contributed by atoms with Crippen molar-refractivity contribution in [1.82, 2.24) is 15.3 Å². The van der Waals surface area contributed by atoms with Crippen molar-refractivity contribution < 1.29 is 4.42 Å². The topological polar surface area (TPSA) is 52.0 Å². The Bertz CT molecular complexity index is 1110. The molecule has 1 atom stereocenters. The lowest BCUT2D eigenvalue weighted by atomic mass is 10.1. The van der Waals surface area contributed by atoms with E-state index >= 15 is 0 Å². The standard InChI is InChI=1S/C24H28N4O2/c1-3-7-26-9-11-27(12-10-26)19-5-4-18-14-21(24(29)30-23(18)16-19)22-15-20-13-17(2)6-8-28(20)25-22/h4-6,8,13-16,22,25H,3,7,9-12H2,1-2H3. The molecule has 0 amide bonds. The Hall–Kier alpha value is -2.83. The minimum absolute atomic E-state index is 0.196. The largest absolute Gasteiger partial charge is 0.422 e. The van der Waals surface area contributed by atoms with Crippen LogP contribution in [0.1, 0.15) is 31.9 Å². The van der Waals surface area contributed by atoms with Crippen LogP contribution >= 0.6 is 0 Å². The van der Waals surface area contributed by atoms with E-state index in [1.165, 1.54) is 12.0 Å². The number of nitrogens with zero attached hydrogens (tertiary/aromatic N) is 3. The molecule has 6 heteroatoms. The van der Waals surface area contributed by atoms with Gasteiger partial charge in [0.15, 0.2) is 0 Å². The lowest BCUT2D eigenvalue weighted by Gasteiger charge is -2.36. The molecule has 3 aliphatic heterocycles. The zero-order chi connectivity index (χ0) is 20.7. The third-order valence-corrected chi connectivity index (χ3v) is 6.11. The van der Waals surface area contributed by atoms with Crippen molar-refractivity contribution in [3.63, 3.8) is 0 Å². The van der Waals surface area contributed by atoms with Gasteiger partial charge in [0.2, 0.25) is 0 Å². The first-order valence-electron chi connectivity index (χ1n) is 10.8. The number of fused-ring (bicyclic) bond motifs is 2. The molecule has 1 aromatic heterocycles. The molecule has 5 rings (SSSR count). The van der Waals surface area contributed by atoms with Gasteiger partial charge in [0.1, 0.15) is 5.58 Å². The molecule has 4 heterocycles. The normalized spacial score (nSPS) is 21.7. The summed E-state index contributed by atoms with van der Waals surface area (Å²) in [4.78, 5) is 17.7. The second-order valence-electron chi connectivity index (χ2n) is 8.31. The summed E-state index contributed by atoms with van der Waals surface area (Å²) in [5.41, 5.74) is 7.71. The Morgan fingerprint density at radius 1 is 1.17 bits per heavy atom. The summed E-state index contributed by atoms with van der Waals surface area (Å²) in [6, 6.07) is 7.97. The first-order valence-corrected chi connectivity index (χ1v) is 10.8. The molecular weight excluding hydrogens is 376 g/mol. The number of piperazine rings is 1. The molecule has 1 aromatic carbocycles. The molecule has 3 aliphatic rings. The van der Waals surface area contributed by atoms with Crippen molar-refractivity contribution in [2.45, 2.75) is 26.3 Å². The van der Waals surface area contributed by atoms with E-state index in [-0.39, 0.29) is 11.7 Å². The summed E-state index contributed by atoms with van der Waals surface area (Å²) >= 11 is 0. The molecule has 0 radical (unpaired) electrons. The smallest absolute Gasteiger partial charge is 0.341 e. The molecule has 2 aromatic rings. The fraction of sp³-hybridized carbons (Fsp3) is 0.375. The Morgan fingerprint density at radius 2 is 2.00 bits per heavy atom. The van der Waals surface area contributed by atoms with E-state index in [4.69, 9.17) is 4.42 Å². The highest BCUT2D eigenvalue weighted by Crippen LogP contribution is 2.29. The highest BCUT2D eigenvalue weighted by Gasteiger charge is 2.26. The predicted octanol–water partition coefficient (Wildman–Crippen LogP) is 3.54. The van der Waals surface area contributed by atoms with Gasteiger partial charge in [-0.1, -0.05) is 6.92 Å². The number of hydrogen-bond acceptors (Lipinski definition) is 6. The average molecular weight is 405 g/mol. The van der Waals surface area contributed by atoms with Gasteiger partial charge >= 0.3 is 5.63 Å². The first kappa shape index (κ1) is 19.2. The van der Waals surface area contributed by atoms with Crippen LogP contribution in [0, 0.1) is 0 Å². The highest BCUT2D eigenvalue weighted by molar-refractivity contribution is 5.81. The fourth-order valence-electron chi connectivity index (χ4n) is 4.47. The minimum Gasteiger partial charge on any atom is -0.422 e. The first-order chi connectivity index (χ1) is 14.6. The molecule has 6 nitrogen and oxygen atoms in total. The maximum absolute atomic E-state index is 12.8. The molecule has 0 spiro atoms. The van der Waals surface area contributed by atoms with E-state index in [1.54, 1.807) is 0 Å². The van der Waals surface area contributed by atoms with Crippen LogP contribution in [-0.2, 0) is 0 Å². The Balaban J connectivity index is 1.39. The van der Waals surface area contributed by atoms with E-state index in [0.29, 0.717) is 11.1 Å². The van der Waals surface area contributed by atoms with Gasteiger partial charge in [0.25, 0.3) is 0 Å². The molecule has 1 unspecified atom stereocenters. The zero-order valence-corrected chi connectivity index (χ0v) is 17.6. The van der Waals surface area contributed by atoms with Gasteiger partial charge in [0, 0.05) is 49.5 Å². The maximum Gasteiger partial charge on any atom is 0.341 e. The van der Waals surface area contributed by atoms with Crippen LogP contribution in [0.25, 0.3) is 11.0 Å². The van der Waals surface area contributed by atoms with Gasteiger partial charge in [0.05, 0.1) is 17.3 Å². The summed E-state index contributed by atoms with van der Waals surface area (Å²) in [5, 5.41) is 2.90. The third-order valence-electron chi connectivity index (χ3n) is 6.11. The number of allylic oxidation sites excluding steroid dienone is 3. The van der Waals surface area contributed by atoms with Crippen LogP contribution in [-0.4, -0.2) is 42.6 Å². The molecule has 1 N–H and O–H groups in total. The zero-order valence-electron chi connectivity index (χ0n) is 17.6. The number of rotatable bonds is 4. The molecule has 0 bridgehead atoms. The van der Waals surface area contributed by atoms with Crippen molar-refractivity contribution >= 4 is 16.7 Å². The van der Waals surface area contributed by atoms with Crippen LogP contribution in [0.2, 0.25) is 0 Å². The number of hydrogen-bond donors (Lipinski definition) is 1. The third kappa shape index (κ3) is 3.57. The van der Waals surface area contributed by atoms with Gasteiger partial charge in [-0.2, -0.15) is 0 Å². The number of hydrazine groups is 1. The molecule has 30 heavy (non-hydrogen) atoms. The van der Waals surface area contributed by atoms with Crippen LogP contribution in [0.5, 0.6) is 0 Å². The van der Waals surface area contributed by atoms with Gasteiger partial charge in [-0.05, 0) is 61.9 Å². The average Bonchev–Trinajstić information content (AvgIpc) is 3.16. The van der Waals surface area contributed by atoms with E-state index in [2.05, 4.69) is 53.4 Å². The lowest BCUT2D eigenvalue weighted by molar-refractivity contribution is 0.258. The molecule has 1 fully saturated rings. The second kappa shape index (κ2) is 7.78. The van der Waals surface area contributed by atoms with Gasteiger partial charge in [-0.3, -0.25) is 9.91 Å². The van der Waals surface area contributed by atoms with Crippen molar-refractivity contribution in [3.8, 4) is 0 Å². The summed E-state index contributed by atoms with van der Waals surface area (Å²) in [5.74, 6) is 0. The van der Waals surface area contributed by atoms with Crippen LogP contribution in [0.3, 0.4) is 0 Å². The lowest BCUT2D eigenvalue weighted by Crippen LogP contribution is -2.46. The van der Waals surface area contributed by atoms with Gasteiger partial charge in [-0.25, -0.2) is 10.2 Å². The quantitative estimate of drug-likeness (QED) is 0.787. The highest BCUT2D eigenvalue weighted by atomic mass is 16.4. The molecule has 156 valence electrons. The van der Waals surface area contributed by atoms with Gasteiger partial charge < -0.3 is 9.32 Å². The van der Waals surface area contributed by atoms with Crippen molar-refractivity contribution in [2.24, 2.45) is 0 Å². The summed E-state index contributed by atoms with van der Waals surface area (Å²) < 4.78 is 5.76. The summed E-state index contributed by atoms with van der Waals surface area (Å²) in [6.45, 7) is 9.62. The van der Waals surface area contributed by atoms with E-state index in [1.807, 2.05) is 29.4 Å². The minimum atomic E-state index is -0.286. The number of nitrogens with one attached hydrogen (secondary N) is 1. The Kier molecular flexibility index (Phi) is 4.97. The van der Waals surface area contributed by atoms with Crippen molar-refractivity contribution in [1.29, 1.82) is 0 Å². The second-order valence-corrected chi connectivity index (χ2v) is 8.31. The van der Waals surface area contributed by atoms with Crippen molar-refractivity contribution in [3.05, 3.63) is 75.9 Å². The number of benzene rings is 1. The van der Waals surface area contributed by atoms with E-state index in [0.717, 1.165) is 49.5 Å². The van der Waals surface area contributed by atoms with E-state index < -0.39 is 0 Å². The molecule has 0 saturated carbocycles. The van der Waals surface area contributed by atoms with Crippen LogP contribution in [0.4, 0.5) is 5.69 Å².